The van der Waals surface area contributed by atoms with Crippen molar-refractivity contribution < 1.29 is 9.59 Å². The molecular weight excluding hydrogens is 352 g/mol. The van der Waals surface area contributed by atoms with Crippen molar-refractivity contribution in [1.82, 2.24) is 20.0 Å². The Balaban J connectivity index is 2.08. The van der Waals surface area contributed by atoms with Crippen molar-refractivity contribution in [3.8, 4) is 0 Å². The summed E-state index contributed by atoms with van der Waals surface area (Å²) in [5.74, 6) is -0.137. The molecule has 1 heterocycles. The van der Waals surface area contributed by atoms with Crippen LogP contribution in [0.25, 0.3) is 0 Å². The van der Waals surface area contributed by atoms with Gasteiger partial charge < -0.3 is 10.2 Å². The molecule has 0 aliphatic carbocycles. The van der Waals surface area contributed by atoms with Gasteiger partial charge in [-0.05, 0) is 36.6 Å². The molecule has 2 aromatic rings. The zero-order valence-electron chi connectivity index (χ0n) is 15.6. The van der Waals surface area contributed by atoms with Crippen molar-refractivity contribution in [1.29, 1.82) is 0 Å². The lowest BCUT2D eigenvalue weighted by atomic mass is 10.0. The number of nitrogens with one attached hydrogen (secondary N) is 1. The molecule has 0 spiro atoms. The van der Waals surface area contributed by atoms with E-state index in [1.54, 1.807) is 47.1 Å². The average molecular weight is 377 g/mol. The Morgan fingerprint density at radius 3 is 2.46 bits per heavy atom. The molecular formula is C19H25ClN4O2. The standard InChI is InChI=1S/C19H25ClN4O2/c1-13(2)9-17(22-18(25)15-5-7-16(20)8-6-15)19(26)23(3)11-14-10-21-24(4)12-14/h5-8,10,12-13,17H,9,11H2,1-4H3,(H,22,25). The predicted molar refractivity (Wildman–Crippen MR) is 102 cm³/mol. The molecule has 0 bridgehead atoms. The van der Waals surface area contributed by atoms with E-state index in [4.69, 9.17) is 11.6 Å². The summed E-state index contributed by atoms with van der Waals surface area (Å²) in [5, 5.41) is 7.54. The van der Waals surface area contributed by atoms with E-state index in [1.807, 2.05) is 27.1 Å². The third kappa shape index (κ3) is 5.59. The van der Waals surface area contributed by atoms with Crippen LogP contribution in [-0.2, 0) is 18.4 Å². The van der Waals surface area contributed by atoms with E-state index in [0.29, 0.717) is 23.6 Å². The second-order valence-electron chi connectivity index (χ2n) is 6.88. The number of halogens is 1. The first-order chi connectivity index (χ1) is 12.3. The summed E-state index contributed by atoms with van der Waals surface area (Å²) in [7, 11) is 3.57. The van der Waals surface area contributed by atoms with E-state index < -0.39 is 6.04 Å². The zero-order chi connectivity index (χ0) is 19.3. The van der Waals surface area contributed by atoms with Crippen molar-refractivity contribution in [3.63, 3.8) is 0 Å². The smallest absolute Gasteiger partial charge is 0.251 e. The fourth-order valence-corrected chi connectivity index (χ4v) is 2.83. The Kier molecular flexibility index (Phi) is 6.80. The van der Waals surface area contributed by atoms with Crippen LogP contribution in [0.1, 0.15) is 36.2 Å². The minimum Gasteiger partial charge on any atom is -0.340 e. The Morgan fingerprint density at radius 1 is 1.27 bits per heavy atom. The fraction of sp³-hybridized carbons (Fsp3) is 0.421. The molecule has 7 heteroatoms. The zero-order valence-corrected chi connectivity index (χ0v) is 16.3. The quantitative estimate of drug-likeness (QED) is 0.807. The molecule has 2 rings (SSSR count). The molecule has 1 aromatic carbocycles. The molecule has 0 saturated heterocycles. The number of nitrogens with zero attached hydrogens (tertiary/aromatic N) is 3. The van der Waals surface area contributed by atoms with Crippen LogP contribution in [0.2, 0.25) is 5.02 Å². The Morgan fingerprint density at radius 2 is 1.92 bits per heavy atom. The number of hydrogen-bond acceptors (Lipinski definition) is 3. The molecule has 1 aromatic heterocycles. The molecule has 1 unspecified atom stereocenters. The number of aryl methyl sites for hydroxylation is 1. The molecule has 1 atom stereocenters. The van der Waals surface area contributed by atoms with Crippen LogP contribution in [-0.4, -0.2) is 39.6 Å². The first-order valence-corrected chi connectivity index (χ1v) is 8.93. The second-order valence-corrected chi connectivity index (χ2v) is 7.32. The van der Waals surface area contributed by atoms with Gasteiger partial charge in [0.2, 0.25) is 5.91 Å². The Bertz CT molecular complexity index is 755. The van der Waals surface area contributed by atoms with Crippen molar-refractivity contribution in [3.05, 3.63) is 52.8 Å². The van der Waals surface area contributed by atoms with Crippen molar-refractivity contribution >= 4 is 23.4 Å². The number of likely N-dealkylation sites (N-methyl/N-ethyl adjacent to an activating group) is 1. The first-order valence-electron chi connectivity index (χ1n) is 8.55. The normalized spacial score (nSPS) is 12.1. The third-order valence-electron chi connectivity index (χ3n) is 3.97. The highest BCUT2D eigenvalue weighted by Crippen LogP contribution is 2.13. The van der Waals surface area contributed by atoms with Crippen molar-refractivity contribution in [2.45, 2.75) is 32.9 Å². The van der Waals surface area contributed by atoms with Gasteiger partial charge >= 0.3 is 0 Å². The molecule has 26 heavy (non-hydrogen) atoms. The van der Waals surface area contributed by atoms with Gasteiger partial charge in [0, 0.05) is 43.0 Å². The highest BCUT2D eigenvalue weighted by atomic mass is 35.5. The molecule has 140 valence electrons. The Labute approximate surface area is 159 Å². The summed E-state index contributed by atoms with van der Waals surface area (Å²) in [6.45, 7) is 4.49. The lowest BCUT2D eigenvalue weighted by Crippen LogP contribution is -2.47. The van der Waals surface area contributed by atoms with Gasteiger partial charge in [-0.1, -0.05) is 25.4 Å². The SMILES string of the molecule is CC(C)CC(NC(=O)c1ccc(Cl)cc1)C(=O)N(C)Cc1cnn(C)c1. The number of carbonyl (C=O) groups is 2. The van der Waals surface area contributed by atoms with Crippen LogP contribution >= 0.6 is 11.6 Å². The molecule has 0 radical (unpaired) electrons. The minimum atomic E-state index is -0.583. The number of amides is 2. The summed E-state index contributed by atoms with van der Waals surface area (Å²) in [6.07, 6.45) is 4.16. The predicted octanol–water partition coefficient (Wildman–Crippen LogP) is 2.88. The van der Waals surface area contributed by atoms with Crippen LogP contribution in [0.15, 0.2) is 36.7 Å². The summed E-state index contributed by atoms with van der Waals surface area (Å²) in [6, 6.07) is 6.02. The number of benzene rings is 1. The summed E-state index contributed by atoms with van der Waals surface area (Å²) < 4.78 is 1.70. The maximum absolute atomic E-state index is 12.9. The van der Waals surface area contributed by atoms with Gasteiger partial charge in [0.25, 0.3) is 5.91 Å². The van der Waals surface area contributed by atoms with Crippen LogP contribution in [0.3, 0.4) is 0 Å². The highest BCUT2D eigenvalue weighted by molar-refractivity contribution is 6.30. The topological polar surface area (TPSA) is 67.2 Å². The number of aromatic nitrogens is 2. The second kappa shape index (κ2) is 8.85. The summed E-state index contributed by atoms with van der Waals surface area (Å²) >= 11 is 5.86. The van der Waals surface area contributed by atoms with Gasteiger partial charge in [0.1, 0.15) is 6.04 Å². The molecule has 0 aliphatic rings. The summed E-state index contributed by atoms with van der Waals surface area (Å²) in [4.78, 5) is 27.0. The van der Waals surface area contributed by atoms with Crippen molar-refractivity contribution in [2.24, 2.45) is 13.0 Å². The molecule has 1 N–H and O–H groups in total. The maximum atomic E-state index is 12.9. The molecule has 6 nitrogen and oxygen atoms in total. The number of hydrogen-bond donors (Lipinski definition) is 1. The van der Waals surface area contributed by atoms with Gasteiger partial charge in [0.15, 0.2) is 0 Å². The van der Waals surface area contributed by atoms with Crippen LogP contribution in [0.4, 0.5) is 0 Å². The van der Waals surface area contributed by atoms with Gasteiger partial charge in [-0.25, -0.2) is 0 Å². The van der Waals surface area contributed by atoms with Crippen LogP contribution in [0.5, 0.6) is 0 Å². The van der Waals surface area contributed by atoms with E-state index in [2.05, 4.69) is 10.4 Å². The van der Waals surface area contributed by atoms with Gasteiger partial charge in [0.05, 0.1) is 6.20 Å². The van der Waals surface area contributed by atoms with E-state index in [0.717, 1.165) is 5.56 Å². The van der Waals surface area contributed by atoms with Crippen LogP contribution < -0.4 is 5.32 Å². The van der Waals surface area contributed by atoms with E-state index in [1.165, 1.54) is 0 Å². The lowest BCUT2D eigenvalue weighted by molar-refractivity contribution is -0.132. The fourth-order valence-electron chi connectivity index (χ4n) is 2.71. The number of rotatable bonds is 7. The Hall–Kier alpha value is -2.34. The summed E-state index contributed by atoms with van der Waals surface area (Å²) in [5.41, 5.74) is 1.42. The molecule has 0 saturated carbocycles. The van der Waals surface area contributed by atoms with Gasteiger partial charge in [-0.2, -0.15) is 5.10 Å². The first kappa shape index (κ1) is 20.0. The molecule has 0 fully saturated rings. The van der Waals surface area contributed by atoms with Crippen molar-refractivity contribution in [2.75, 3.05) is 7.05 Å². The minimum absolute atomic E-state index is 0.120. The van der Waals surface area contributed by atoms with E-state index in [-0.39, 0.29) is 17.7 Å². The van der Waals surface area contributed by atoms with E-state index in [9.17, 15) is 9.59 Å². The maximum Gasteiger partial charge on any atom is 0.251 e. The molecule has 0 aliphatic heterocycles. The van der Waals surface area contributed by atoms with Gasteiger partial charge in [-0.15, -0.1) is 0 Å². The average Bonchev–Trinajstić information content (AvgIpc) is 2.98. The van der Waals surface area contributed by atoms with Crippen LogP contribution in [0, 0.1) is 5.92 Å². The van der Waals surface area contributed by atoms with Gasteiger partial charge in [-0.3, -0.25) is 14.3 Å². The monoisotopic (exact) mass is 376 g/mol. The highest BCUT2D eigenvalue weighted by Gasteiger charge is 2.25. The van der Waals surface area contributed by atoms with E-state index >= 15 is 0 Å². The third-order valence-corrected chi connectivity index (χ3v) is 4.22. The lowest BCUT2D eigenvalue weighted by Gasteiger charge is -2.25. The molecule has 2 amide bonds. The number of carbonyl (C=O) groups excluding carboxylic acids is 2. The largest absolute Gasteiger partial charge is 0.340 e.